The molecule has 0 aliphatic carbocycles. The maximum Gasteiger partial charge on any atom is 0.255 e. The summed E-state index contributed by atoms with van der Waals surface area (Å²) in [6, 6.07) is 5.52. The number of aliphatic hydroxyl groups is 1. The van der Waals surface area contributed by atoms with Gasteiger partial charge in [0, 0.05) is 24.5 Å². The minimum Gasteiger partial charge on any atom is -0.392 e. The minimum atomic E-state index is -0.566. The van der Waals surface area contributed by atoms with Gasteiger partial charge in [0.15, 0.2) is 5.82 Å². The summed E-state index contributed by atoms with van der Waals surface area (Å²) in [5, 5.41) is 14.0. The quantitative estimate of drug-likeness (QED) is 0.917. The Morgan fingerprint density at radius 2 is 2.00 bits per heavy atom. The Hall–Kier alpha value is -2.21. The summed E-state index contributed by atoms with van der Waals surface area (Å²) >= 11 is 0. The molecule has 2 aromatic rings. The summed E-state index contributed by atoms with van der Waals surface area (Å²) in [6.07, 6.45) is 0.995. The smallest absolute Gasteiger partial charge is 0.255 e. The molecular formula is C17H24N4O2. The monoisotopic (exact) mass is 316 g/mol. The van der Waals surface area contributed by atoms with Crippen LogP contribution in [0.15, 0.2) is 24.4 Å². The summed E-state index contributed by atoms with van der Waals surface area (Å²) < 4.78 is 1.75. The van der Waals surface area contributed by atoms with Gasteiger partial charge in [-0.1, -0.05) is 0 Å². The van der Waals surface area contributed by atoms with Crippen molar-refractivity contribution >= 4 is 5.91 Å². The van der Waals surface area contributed by atoms with E-state index in [4.69, 9.17) is 0 Å². The number of carbonyl (C=O) groups excluding carboxylic acids is 1. The first-order chi connectivity index (χ1) is 10.8. The van der Waals surface area contributed by atoms with Gasteiger partial charge in [-0.05, 0) is 52.8 Å². The molecule has 124 valence electrons. The van der Waals surface area contributed by atoms with Crippen LogP contribution in [0, 0.1) is 13.8 Å². The van der Waals surface area contributed by atoms with Crippen molar-refractivity contribution in [1.82, 2.24) is 19.7 Å². The third kappa shape index (κ3) is 3.96. The number of aliphatic hydroxyl groups excluding tert-OH is 1. The minimum absolute atomic E-state index is 0.00721. The maximum absolute atomic E-state index is 12.6. The van der Waals surface area contributed by atoms with Crippen molar-refractivity contribution in [1.29, 1.82) is 0 Å². The molecule has 6 nitrogen and oxygen atoms in total. The summed E-state index contributed by atoms with van der Waals surface area (Å²) in [4.78, 5) is 18.6. The van der Waals surface area contributed by atoms with Gasteiger partial charge in [-0.25, -0.2) is 9.67 Å². The van der Waals surface area contributed by atoms with E-state index in [1.165, 1.54) is 0 Å². The van der Waals surface area contributed by atoms with Crippen LogP contribution in [0.4, 0.5) is 0 Å². The van der Waals surface area contributed by atoms with Crippen molar-refractivity contribution in [3.05, 3.63) is 41.3 Å². The molecule has 2 rings (SSSR count). The first-order valence-electron chi connectivity index (χ1n) is 7.78. The zero-order chi connectivity index (χ0) is 17.1. The number of amides is 1. The zero-order valence-corrected chi connectivity index (χ0v) is 14.3. The molecule has 1 atom stereocenters. The van der Waals surface area contributed by atoms with Gasteiger partial charge >= 0.3 is 0 Å². The van der Waals surface area contributed by atoms with Gasteiger partial charge in [0.05, 0.1) is 17.4 Å². The van der Waals surface area contributed by atoms with Gasteiger partial charge in [0.25, 0.3) is 5.91 Å². The van der Waals surface area contributed by atoms with Crippen molar-refractivity contribution in [3.63, 3.8) is 0 Å². The molecule has 0 saturated carbocycles. The van der Waals surface area contributed by atoms with Gasteiger partial charge in [0.2, 0.25) is 0 Å². The summed E-state index contributed by atoms with van der Waals surface area (Å²) in [6.45, 7) is 9.72. The second-order valence-corrected chi connectivity index (χ2v) is 6.14. The van der Waals surface area contributed by atoms with E-state index in [0.717, 1.165) is 11.4 Å². The Morgan fingerprint density at radius 1 is 1.30 bits per heavy atom. The van der Waals surface area contributed by atoms with E-state index in [1.807, 2.05) is 33.8 Å². The van der Waals surface area contributed by atoms with E-state index in [2.05, 4.69) is 10.1 Å². The van der Waals surface area contributed by atoms with Crippen LogP contribution in [0.1, 0.15) is 42.5 Å². The lowest BCUT2D eigenvalue weighted by molar-refractivity contribution is 0.0578. The second-order valence-electron chi connectivity index (χ2n) is 6.14. The predicted molar refractivity (Wildman–Crippen MR) is 88.7 cm³/mol. The lowest BCUT2D eigenvalue weighted by Gasteiger charge is -2.28. The Kier molecular flexibility index (Phi) is 5.15. The van der Waals surface area contributed by atoms with Crippen LogP contribution >= 0.6 is 0 Å². The number of hydrogen-bond acceptors (Lipinski definition) is 4. The Morgan fingerprint density at radius 3 is 2.43 bits per heavy atom. The Labute approximate surface area is 136 Å². The average molecular weight is 316 g/mol. The first-order valence-corrected chi connectivity index (χ1v) is 7.78. The fourth-order valence-corrected chi connectivity index (χ4v) is 2.48. The lowest BCUT2D eigenvalue weighted by Crippen LogP contribution is -2.41. The third-order valence-corrected chi connectivity index (χ3v) is 3.57. The Bertz CT molecular complexity index is 674. The van der Waals surface area contributed by atoms with E-state index < -0.39 is 6.10 Å². The number of aromatic nitrogens is 3. The molecule has 23 heavy (non-hydrogen) atoms. The highest BCUT2D eigenvalue weighted by molar-refractivity contribution is 5.94. The molecule has 0 spiro atoms. The molecule has 6 heteroatoms. The van der Waals surface area contributed by atoms with Crippen molar-refractivity contribution in [2.75, 3.05) is 6.54 Å². The lowest BCUT2D eigenvalue weighted by atomic mass is 10.2. The largest absolute Gasteiger partial charge is 0.392 e. The molecule has 0 radical (unpaired) electrons. The van der Waals surface area contributed by atoms with Crippen LogP contribution in [0.3, 0.4) is 0 Å². The van der Waals surface area contributed by atoms with Crippen LogP contribution in [0.2, 0.25) is 0 Å². The maximum atomic E-state index is 12.6. The molecule has 1 N–H and O–H groups in total. The van der Waals surface area contributed by atoms with Crippen molar-refractivity contribution in [2.45, 2.75) is 46.8 Å². The molecule has 0 aliphatic rings. The normalized spacial score (nSPS) is 12.5. The van der Waals surface area contributed by atoms with E-state index in [-0.39, 0.29) is 11.9 Å². The molecule has 0 fully saturated rings. The number of aryl methyl sites for hydroxylation is 2. The molecular weight excluding hydrogens is 292 g/mol. The van der Waals surface area contributed by atoms with Crippen LogP contribution in [0.5, 0.6) is 0 Å². The van der Waals surface area contributed by atoms with Gasteiger partial charge < -0.3 is 10.0 Å². The molecule has 0 bridgehead atoms. The third-order valence-electron chi connectivity index (χ3n) is 3.57. The molecule has 0 saturated heterocycles. The highest BCUT2D eigenvalue weighted by Crippen LogP contribution is 2.13. The summed E-state index contributed by atoms with van der Waals surface area (Å²) in [5.41, 5.74) is 2.42. The van der Waals surface area contributed by atoms with Crippen LogP contribution < -0.4 is 0 Å². The van der Waals surface area contributed by atoms with E-state index in [0.29, 0.717) is 17.9 Å². The van der Waals surface area contributed by atoms with Gasteiger partial charge in [-0.3, -0.25) is 4.79 Å². The van der Waals surface area contributed by atoms with E-state index in [1.54, 1.807) is 34.8 Å². The van der Waals surface area contributed by atoms with Crippen molar-refractivity contribution in [3.8, 4) is 5.82 Å². The topological polar surface area (TPSA) is 71.2 Å². The fraction of sp³-hybridized carbons (Fsp3) is 0.471. The number of pyridine rings is 1. The summed E-state index contributed by atoms with van der Waals surface area (Å²) in [7, 11) is 0. The SMILES string of the molecule is Cc1cc(C)n(-c2ccc(C(=O)N(CC(C)O)C(C)C)cn2)n1. The zero-order valence-electron chi connectivity index (χ0n) is 14.3. The molecule has 1 amide bonds. The molecule has 0 aromatic carbocycles. The highest BCUT2D eigenvalue weighted by atomic mass is 16.3. The second kappa shape index (κ2) is 6.91. The van der Waals surface area contributed by atoms with Crippen LogP contribution in [-0.2, 0) is 0 Å². The predicted octanol–water partition coefficient (Wildman–Crippen LogP) is 2.12. The Balaban J connectivity index is 2.24. The number of hydrogen-bond donors (Lipinski definition) is 1. The van der Waals surface area contributed by atoms with Gasteiger partial charge in [-0.15, -0.1) is 0 Å². The standard InChI is InChI=1S/C17H24N4O2/c1-11(2)20(10-14(5)22)17(23)15-6-7-16(18-9-15)21-13(4)8-12(3)19-21/h6-9,11,14,22H,10H2,1-5H3. The van der Waals surface area contributed by atoms with E-state index in [9.17, 15) is 9.90 Å². The van der Waals surface area contributed by atoms with Gasteiger partial charge in [0.1, 0.15) is 0 Å². The first kappa shape index (κ1) is 17.1. The number of nitrogens with zero attached hydrogens (tertiary/aromatic N) is 4. The molecule has 2 aromatic heterocycles. The van der Waals surface area contributed by atoms with Gasteiger partial charge in [-0.2, -0.15) is 5.10 Å². The fourth-order valence-electron chi connectivity index (χ4n) is 2.48. The highest BCUT2D eigenvalue weighted by Gasteiger charge is 2.20. The van der Waals surface area contributed by atoms with Crippen molar-refractivity contribution in [2.24, 2.45) is 0 Å². The van der Waals surface area contributed by atoms with Crippen molar-refractivity contribution < 1.29 is 9.90 Å². The molecule has 2 heterocycles. The van der Waals surface area contributed by atoms with Crippen LogP contribution in [-0.4, -0.2) is 49.4 Å². The summed E-state index contributed by atoms with van der Waals surface area (Å²) in [5.74, 6) is 0.548. The van der Waals surface area contributed by atoms with E-state index >= 15 is 0 Å². The number of rotatable bonds is 5. The average Bonchev–Trinajstić information content (AvgIpc) is 2.82. The molecule has 1 unspecified atom stereocenters. The van der Waals surface area contributed by atoms with Crippen LogP contribution in [0.25, 0.3) is 5.82 Å². The molecule has 0 aliphatic heterocycles. The number of carbonyl (C=O) groups is 1.